The summed E-state index contributed by atoms with van der Waals surface area (Å²) in [7, 11) is 1.63. The molecule has 0 atom stereocenters. The molecule has 2 nitrogen and oxygen atoms in total. The Bertz CT molecular complexity index is 449. The van der Waals surface area contributed by atoms with E-state index in [9.17, 15) is 4.79 Å². The summed E-state index contributed by atoms with van der Waals surface area (Å²) in [6.07, 6.45) is 23.6. The van der Waals surface area contributed by atoms with Crippen LogP contribution in [0.4, 0.5) is 0 Å². The third-order valence-corrected chi connectivity index (χ3v) is 8.86. The lowest BCUT2D eigenvalue weighted by Gasteiger charge is -2.55. The lowest BCUT2D eigenvalue weighted by molar-refractivity contribution is -0.172. The van der Waals surface area contributed by atoms with Gasteiger partial charge in [0.1, 0.15) is 0 Å². The van der Waals surface area contributed by atoms with Crippen LogP contribution < -0.4 is 0 Å². The van der Waals surface area contributed by atoms with E-state index in [2.05, 4.69) is 6.92 Å². The maximum absolute atomic E-state index is 13.2. The van der Waals surface area contributed by atoms with Gasteiger partial charge < -0.3 is 4.74 Å². The molecule has 0 amide bonds. The topological polar surface area (TPSA) is 26.3 Å². The second kappa shape index (κ2) is 9.79. The molecule has 0 spiro atoms. The number of rotatable bonds is 7. The Morgan fingerprint density at radius 3 is 2.00 bits per heavy atom. The molecule has 0 heterocycles. The predicted molar refractivity (Wildman–Crippen MR) is 113 cm³/mol. The first kappa shape index (κ1) is 21.2. The Kier molecular flexibility index (Phi) is 7.68. The van der Waals surface area contributed by atoms with E-state index in [4.69, 9.17) is 4.74 Å². The average Bonchev–Trinajstić information content (AvgIpc) is 2.75. The van der Waals surface area contributed by atoms with Gasteiger partial charge in [0.2, 0.25) is 0 Å². The van der Waals surface area contributed by atoms with Crippen LogP contribution in [0.15, 0.2) is 0 Å². The molecule has 156 valence electrons. The molecule has 0 unspecified atom stereocenters. The van der Waals surface area contributed by atoms with Gasteiger partial charge in [-0.25, -0.2) is 0 Å². The lowest BCUT2D eigenvalue weighted by atomic mass is 9.49. The van der Waals surface area contributed by atoms with Gasteiger partial charge in [0.15, 0.2) is 0 Å². The van der Waals surface area contributed by atoms with E-state index in [1.165, 1.54) is 103 Å². The highest BCUT2D eigenvalue weighted by Gasteiger charge is 2.57. The van der Waals surface area contributed by atoms with Gasteiger partial charge in [0.05, 0.1) is 12.5 Å². The standard InChI is InChI=1S/C25H44O2/c1-3-4-9-16-24(25(23(26)27-2)17-10-6-11-18-25)19-14-22(15-20-24)21-12-7-5-8-13-21/h21-22H,3-20H2,1-2H3. The first-order chi connectivity index (χ1) is 13.2. The van der Waals surface area contributed by atoms with E-state index in [0.29, 0.717) is 0 Å². The van der Waals surface area contributed by atoms with Crippen LogP contribution in [0.3, 0.4) is 0 Å². The summed E-state index contributed by atoms with van der Waals surface area (Å²) < 4.78 is 5.48. The van der Waals surface area contributed by atoms with Crippen molar-refractivity contribution < 1.29 is 9.53 Å². The molecule has 3 aliphatic rings. The molecule has 0 aromatic rings. The number of carbonyl (C=O) groups is 1. The van der Waals surface area contributed by atoms with Crippen LogP contribution in [0.2, 0.25) is 0 Å². The molecule has 3 fully saturated rings. The highest BCUT2D eigenvalue weighted by atomic mass is 16.5. The summed E-state index contributed by atoms with van der Waals surface area (Å²) >= 11 is 0. The summed E-state index contributed by atoms with van der Waals surface area (Å²) in [5, 5.41) is 0. The summed E-state index contributed by atoms with van der Waals surface area (Å²) in [6.45, 7) is 2.29. The molecule has 27 heavy (non-hydrogen) atoms. The third-order valence-electron chi connectivity index (χ3n) is 8.86. The van der Waals surface area contributed by atoms with Crippen molar-refractivity contribution in [3.63, 3.8) is 0 Å². The number of methoxy groups -OCH3 is 1. The Morgan fingerprint density at radius 2 is 1.41 bits per heavy atom. The molecule has 3 rings (SSSR count). The van der Waals surface area contributed by atoms with E-state index >= 15 is 0 Å². The van der Waals surface area contributed by atoms with Gasteiger partial charge in [-0.05, 0) is 62.2 Å². The van der Waals surface area contributed by atoms with Gasteiger partial charge in [-0.2, -0.15) is 0 Å². The molecule has 0 saturated heterocycles. The van der Waals surface area contributed by atoms with Gasteiger partial charge in [-0.15, -0.1) is 0 Å². The van der Waals surface area contributed by atoms with Crippen LogP contribution in [0.25, 0.3) is 0 Å². The summed E-state index contributed by atoms with van der Waals surface area (Å²) in [5.41, 5.74) is 0.0477. The highest BCUT2D eigenvalue weighted by Crippen LogP contribution is 2.61. The van der Waals surface area contributed by atoms with Gasteiger partial charge in [0, 0.05) is 0 Å². The highest BCUT2D eigenvalue weighted by molar-refractivity contribution is 5.78. The van der Waals surface area contributed by atoms with Crippen molar-refractivity contribution in [3.05, 3.63) is 0 Å². The van der Waals surface area contributed by atoms with Crippen molar-refractivity contribution in [2.24, 2.45) is 22.7 Å². The van der Waals surface area contributed by atoms with Crippen LogP contribution in [-0.4, -0.2) is 13.1 Å². The molecule has 3 saturated carbocycles. The van der Waals surface area contributed by atoms with E-state index < -0.39 is 0 Å². The number of hydrogen-bond donors (Lipinski definition) is 0. The first-order valence-corrected chi connectivity index (χ1v) is 12.3. The van der Waals surface area contributed by atoms with Gasteiger partial charge in [-0.3, -0.25) is 4.79 Å². The Labute approximate surface area is 168 Å². The second-order valence-corrected chi connectivity index (χ2v) is 10.1. The molecule has 0 N–H and O–H groups in total. The Morgan fingerprint density at radius 1 is 0.815 bits per heavy atom. The minimum Gasteiger partial charge on any atom is -0.469 e. The third kappa shape index (κ3) is 4.40. The van der Waals surface area contributed by atoms with Crippen LogP contribution in [0, 0.1) is 22.7 Å². The normalized spacial score (nSPS) is 32.1. The number of carbonyl (C=O) groups excluding carboxylic acids is 1. The minimum atomic E-state index is -0.175. The maximum atomic E-state index is 13.2. The largest absolute Gasteiger partial charge is 0.469 e. The first-order valence-electron chi connectivity index (χ1n) is 12.3. The quantitative estimate of drug-likeness (QED) is 0.341. The number of esters is 1. The van der Waals surface area contributed by atoms with Crippen molar-refractivity contribution in [3.8, 4) is 0 Å². The second-order valence-electron chi connectivity index (χ2n) is 10.1. The van der Waals surface area contributed by atoms with E-state index in [-0.39, 0.29) is 16.8 Å². The fraction of sp³-hybridized carbons (Fsp3) is 0.960. The minimum absolute atomic E-state index is 0.134. The van der Waals surface area contributed by atoms with Crippen LogP contribution in [-0.2, 0) is 9.53 Å². The molecule has 2 heteroatoms. The fourth-order valence-corrected chi connectivity index (χ4v) is 7.25. The average molecular weight is 377 g/mol. The molecular formula is C25H44O2. The molecular weight excluding hydrogens is 332 g/mol. The van der Waals surface area contributed by atoms with Crippen molar-refractivity contribution >= 4 is 5.97 Å². The number of unbranched alkanes of at least 4 members (excludes halogenated alkanes) is 2. The smallest absolute Gasteiger partial charge is 0.312 e. The lowest BCUT2D eigenvalue weighted by Crippen LogP contribution is -2.51. The van der Waals surface area contributed by atoms with Crippen molar-refractivity contribution in [1.29, 1.82) is 0 Å². The Balaban J connectivity index is 1.78. The van der Waals surface area contributed by atoms with Crippen LogP contribution in [0.5, 0.6) is 0 Å². The van der Waals surface area contributed by atoms with Crippen LogP contribution in [0.1, 0.15) is 122 Å². The van der Waals surface area contributed by atoms with Gasteiger partial charge in [0.25, 0.3) is 0 Å². The predicted octanol–water partition coefficient (Wildman–Crippen LogP) is 7.45. The number of ether oxygens (including phenoxy) is 1. The van der Waals surface area contributed by atoms with Gasteiger partial charge >= 0.3 is 5.97 Å². The SMILES string of the molecule is CCCCCC1(C2(C(=O)OC)CCCCC2)CCC(C2CCCCC2)CC1. The fourth-order valence-electron chi connectivity index (χ4n) is 7.25. The maximum Gasteiger partial charge on any atom is 0.312 e. The summed E-state index contributed by atoms with van der Waals surface area (Å²) in [6, 6.07) is 0. The van der Waals surface area contributed by atoms with Crippen molar-refractivity contribution in [2.45, 2.75) is 122 Å². The van der Waals surface area contributed by atoms with Gasteiger partial charge in [-0.1, -0.05) is 77.6 Å². The molecule has 0 aliphatic heterocycles. The summed E-state index contributed by atoms with van der Waals surface area (Å²) in [5.74, 6) is 2.05. The zero-order valence-corrected chi connectivity index (χ0v) is 18.2. The molecule has 0 bridgehead atoms. The van der Waals surface area contributed by atoms with Crippen molar-refractivity contribution in [1.82, 2.24) is 0 Å². The Hall–Kier alpha value is -0.530. The molecule has 0 aromatic heterocycles. The van der Waals surface area contributed by atoms with E-state index in [0.717, 1.165) is 24.7 Å². The number of hydrogen-bond acceptors (Lipinski definition) is 2. The zero-order valence-electron chi connectivity index (χ0n) is 18.2. The zero-order chi connectivity index (χ0) is 19.2. The van der Waals surface area contributed by atoms with E-state index in [1.54, 1.807) is 7.11 Å². The van der Waals surface area contributed by atoms with Crippen molar-refractivity contribution in [2.75, 3.05) is 7.11 Å². The molecule has 3 aliphatic carbocycles. The molecule has 0 radical (unpaired) electrons. The van der Waals surface area contributed by atoms with E-state index in [1.807, 2.05) is 0 Å². The summed E-state index contributed by atoms with van der Waals surface area (Å²) in [4.78, 5) is 13.2. The van der Waals surface area contributed by atoms with Crippen LogP contribution >= 0.6 is 0 Å². The molecule has 0 aromatic carbocycles. The monoisotopic (exact) mass is 376 g/mol.